The van der Waals surface area contributed by atoms with Gasteiger partial charge in [0.1, 0.15) is 11.5 Å². The number of aryl methyl sites for hydroxylation is 2. The standard InChI is InChI=1S/C8H11NO2/c1-6(10)3-4-8-5-9-11-7(8)2/h5H,3-4H2,1-2H3. The Balaban J connectivity index is 2.51. The van der Waals surface area contributed by atoms with E-state index in [1.54, 1.807) is 13.1 Å². The molecule has 1 rings (SSSR count). The average Bonchev–Trinajstić information content (AvgIpc) is 2.31. The van der Waals surface area contributed by atoms with E-state index in [0.717, 1.165) is 17.7 Å². The summed E-state index contributed by atoms with van der Waals surface area (Å²) in [5, 5.41) is 3.61. The third-order valence-electron chi connectivity index (χ3n) is 1.60. The molecule has 0 saturated heterocycles. The van der Waals surface area contributed by atoms with Gasteiger partial charge in [0, 0.05) is 12.0 Å². The fourth-order valence-electron chi connectivity index (χ4n) is 0.870. The average molecular weight is 153 g/mol. The molecule has 60 valence electrons. The van der Waals surface area contributed by atoms with Gasteiger partial charge in [0.15, 0.2) is 0 Å². The van der Waals surface area contributed by atoms with E-state index < -0.39 is 0 Å². The van der Waals surface area contributed by atoms with Crippen LogP contribution in [0.15, 0.2) is 10.7 Å². The summed E-state index contributed by atoms with van der Waals surface area (Å²) in [6.45, 7) is 3.44. The van der Waals surface area contributed by atoms with Crippen LogP contribution < -0.4 is 0 Å². The maximum atomic E-state index is 10.6. The van der Waals surface area contributed by atoms with Crippen LogP contribution in [0.5, 0.6) is 0 Å². The molecule has 0 bridgehead atoms. The lowest BCUT2D eigenvalue weighted by Gasteiger charge is -1.92. The number of carbonyl (C=O) groups is 1. The van der Waals surface area contributed by atoms with E-state index in [4.69, 9.17) is 4.52 Å². The number of hydrogen-bond acceptors (Lipinski definition) is 3. The van der Waals surface area contributed by atoms with Crippen LogP contribution in [0.1, 0.15) is 24.7 Å². The van der Waals surface area contributed by atoms with Crippen molar-refractivity contribution >= 4 is 5.78 Å². The molecule has 3 nitrogen and oxygen atoms in total. The molecule has 0 spiro atoms. The third-order valence-corrected chi connectivity index (χ3v) is 1.60. The molecule has 3 heteroatoms. The smallest absolute Gasteiger partial charge is 0.136 e. The number of carbonyl (C=O) groups excluding carboxylic acids is 1. The second kappa shape index (κ2) is 3.32. The quantitative estimate of drug-likeness (QED) is 0.661. The van der Waals surface area contributed by atoms with Gasteiger partial charge < -0.3 is 9.32 Å². The molecule has 0 fully saturated rings. The zero-order chi connectivity index (χ0) is 8.27. The monoisotopic (exact) mass is 153 g/mol. The van der Waals surface area contributed by atoms with Crippen molar-refractivity contribution in [3.8, 4) is 0 Å². The molecule has 0 atom stereocenters. The first-order valence-electron chi connectivity index (χ1n) is 3.59. The molecule has 0 aliphatic heterocycles. The first-order valence-corrected chi connectivity index (χ1v) is 3.59. The molecule has 1 aromatic rings. The van der Waals surface area contributed by atoms with Gasteiger partial charge in [-0.1, -0.05) is 5.16 Å². The number of hydrogen-bond donors (Lipinski definition) is 0. The summed E-state index contributed by atoms with van der Waals surface area (Å²) >= 11 is 0. The highest BCUT2D eigenvalue weighted by molar-refractivity contribution is 5.75. The van der Waals surface area contributed by atoms with Crippen LogP contribution in [0.4, 0.5) is 0 Å². The zero-order valence-electron chi connectivity index (χ0n) is 6.76. The molecule has 0 radical (unpaired) electrons. The van der Waals surface area contributed by atoms with Crippen LogP contribution in [0, 0.1) is 6.92 Å². The van der Waals surface area contributed by atoms with Gasteiger partial charge in [-0.3, -0.25) is 0 Å². The Morgan fingerprint density at radius 2 is 2.45 bits per heavy atom. The number of rotatable bonds is 3. The van der Waals surface area contributed by atoms with Gasteiger partial charge in [-0.2, -0.15) is 0 Å². The summed E-state index contributed by atoms with van der Waals surface area (Å²) < 4.78 is 4.84. The lowest BCUT2D eigenvalue weighted by Crippen LogP contribution is -1.93. The highest BCUT2D eigenvalue weighted by Crippen LogP contribution is 2.08. The van der Waals surface area contributed by atoms with Gasteiger partial charge in [-0.25, -0.2) is 0 Å². The Morgan fingerprint density at radius 3 is 2.91 bits per heavy atom. The zero-order valence-corrected chi connectivity index (χ0v) is 6.76. The predicted octanol–water partition coefficient (Wildman–Crippen LogP) is 1.50. The molecule has 11 heavy (non-hydrogen) atoms. The second-order valence-electron chi connectivity index (χ2n) is 2.61. The van der Waals surface area contributed by atoms with Gasteiger partial charge in [0.2, 0.25) is 0 Å². The highest BCUT2D eigenvalue weighted by atomic mass is 16.5. The van der Waals surface area contributed by atoms with Crippen LogP contribution in [-0.4, -0.2) is 10.9 Å². The maximum absolute atomic E-state index is 10.6. The van der Waals surface area contributed by atoms with E-state index in [0.29, 0.717) is 6.42 Å². The normalized spacial score (nSPS) is 10.0. The molecule has 1 heterocycles. The Bertz CT molecular complexity index is 252. The summed E-state index contributed by atoms with van der Waals surface area (Å²) in [6, 6.07) is 0. The first-order chi connectivity index (χ1) is 5.20. The fraction of sp³-hybridized carbons (Fsp3) is 0.500. The molecule has 0 aromatic carbocycles. The van der Waals surface area contributed by atoms with Gasteiger partial charge >= 0.3 is 0 Å². The maximum Gasteiger partial charge on any atom is 0.136 e. The Kier molecular flexibility index (Phi) is 2.41. The fourth-order valence-corrected chi connectivity index (χ4v) is 0.870. The highest BCUT2D eigenvalue weighted by Gasteiger charge is 2.03. The summed E-state index contributed by atoms with van der Waals surface area (Å²) in [4.78, 5) is 10.6. The summed E-state index contributed by atoms with van der Waals surface area (Å²) in [5.74, 6) is 1.01. The van der Waals surface area contributed by atoms with Gasteiger partial charge in [0.25, 0.3) is 0 Å². The Labute approximate surface area is 65.4 Å². The van der Waals surface area contributed by atoms with Crippen molar-refractivity contribution in [3.63, 3.8) is 0 Å². The van der Waals surface area contributed by atoms with Crippen molar-refractivity contribution in [1.29, 1.82) is 0 Å². The molecular weight excluding hydrogens is 142 g/mol. The minimum absolute atomic E-state index is 0.200. The molecular formula is C8H11NO2. The van der Waals surface area contributed by atoms with Crippen LogP contribution in [0.2, 0.25) is 0 Å². The van der Waals surface area contributed by atoms with Crippen molar-refractivity contribution < 1.29 is 9.32 Å². The van der Waals surface area contributed by atoms with Crippen molar-refractivity contribution in [2.45, 2.75) is 26.7 Å². The minimum atomic E-state index is 0.200. The number of nitrogens with zero attached hydrogens (tertiary/aromatic N) is 1. The van der Waals surface area contributed by atoms with Crippen LogP contribution in [-0.2, 0) is 11.2 Å². The summed E-state index contributed by atoms with van der Waals surface area (Å²) in [6.07, 6.45) is 2.98. The molecule has 0 N–H and O–H groups in total. The van der Waals surface area contributed by atoms with Gasteiger partial charge in [-0.05, 0) is 20.3 Å². The van der Waals surface area contributed by atoms with Crippen molar-refractivity contribution in [2.75, 3.05) is 0 Å². The van der Waals surface area contributed by atoms with Crippen molar-refractivity contribution in [2.24, 2.45) is 0 Å². The lowest BCUT2D eigenvalue weighted by atomic mass is 10.1. The Morgan fingerprint density at radius 1 is 1.73 bits per heavy atom. The van der Waals surface area contributed by atoms with Crippen molar-refractivity contribution in [3.05, 3.63) is 17.5 Å². The van der Waals surface area contributed by atoms with Gasteiger partial charge in [0.05, 0.1) is 6.20 Å². The van der Waals surface area contributed by atoms with E-state index in [9.17, 15) is 4.79 Å². The minimum Gasteiger partial charge on any atom is -0.361 e. The van der Waals surface area contributed by atoms with Gasteiger partial charge in [-0.15, -0.1) is 0 Å². The molecule has 0 aliphatic rings. The van der Waals surface area contributed by atoms with Crippen molar-refractivity contribution in [1.82, 2.24) is 5.16 Å². The number of aromatic nitrogens is 1. The molecule has 0 saturated carbocycles. The summed E-state index contributed by atoms with van der Waals surface area (Å²) in [7, 11) is 0. The predicted molar refractivity (Wildman–Crippen MR) is 40.2 cm³/mol. The first kappa shape index (κ1) is 7.98. The Hall–Kier alpha value is -1.12. The van der Waals surface area contributed by atoms with E-state index in [2.05, 4.69) is 5.16 Å². The van der Waals surface area contributed by atoms with E-state index in [-0.39, 0.29) is 5.78 Å². The summed E-state index contributed by atoms with van der Waals surface area (Å²) in [5.41, 5.74) is 1.03. The van der Waals surface area contributed by atoms with Crippen LogP contribution in [0.3, 0.4) is 0 Å². The van der Waals surface area contributed by atoms with E-state index in [1.165, 1.54) is 0 Å². The topological polar surface area (TPSA) is 43.1 Å². The van der Waals surface area contributed by atoms with Crippen LogP contribution >= 0.6 is 0 Å². The van der Waals surface area contributed by atoms with E-state index >= 15 is 0 Å². The third kappa shape index (κ3) is 2.18. The number of ketones is 1. The molecule has 0 aliphatic carbocycles. The molecule has 1 aromatic heterocycles. The molecule has 0 amide bonds. The van der Waals surface area contributed by atoms with E-state index in [1.807, 2.05) is 6.92 Å². The van der Waals surface area contributed by atoms with Crippen LogP contribution in [0.25, 0.3) is 0 Å². The molecule has 0 unspecified atom stereocenters. The number of Topliss-reactive ketones (excluding diaryl/α,β-unsaturated/α-hetero) is 1. The lowest BCUT2D eigenvalue weighted by molar-refractivity contribution is -0.116. The SMILES string of the molecule is CC(=O)CCc1cnoc1C. The largest absolute Gasteiger partial charge is 0.361 e. The second-order valence-corrected chi connectivity index (χ2v) is 2.61.